The Bertz CT molecular complexity index is 590. The van der Waals surface area contributed by atoms with Crippen LogP contribution in [0.4, 0.5) is 10.1 Å². The minimum absolute atomic E-state index is 0.231. The Morgan fingerprint density at radius 1 is 1.26 bits per heavy atom. The first kappa shape index (κ1) is 13.7. The molecule has 2 N–H and O–H groups in total. The van der Waals surface area contributed by atoms with E-state index in [-0.39, 0.29) is 12.4 Å². The van der Waals surface area contributed by atoms with Gasteiger partial charge in [-0.2, -0.15) is 0 Å². The summed E-state index contributed by atoms with van der Waals surface area (Å²) in [6.07, 6.45) is 0. The summed E-state index contributed by atoms with van der Waals surface area (Å²) in [5.41, 5.74) is 7.03. The first-order chi connectivity index (χ1) is 9.11. The van der Waals surface area contributed by atoms with Crippen molar-refractivity contribution < 1.29 is 13.9 Å². The molecule has 0 aromatic heterocycles. The maximum absolute atomic E-state index is 13.3. The third-order valence-electron chi connectivity index (χ3n) is 2.63. The van der Waals surface area contributed by atoms with Gasteiger partial charge in [0, 0.05) is 11.6 Å². The largest absolute Gasteiger partial charge is 0.497 e. The van der Waals surface area contributed by atoms with Gasteiger partial charge in [0.1, 0.15) is 23.9 Å². The van der Waals surface area contributed by atoms with Crippen LogP contribution < -0.4 is 15.2 Å². The molecule has 0 aliphatic carbocycles. The highest BCUT2D eigenvalue weighted by Crippen LogP contribution is 2.28. The number of benzene rings is 2. The van der Waals surface area contributed by atoms with E-state index in [0.717, 1.165) is 5.56 Å². The van der Waals surface area contributed by atoms with Crippen LogP contribution in [-0.2, 0) is 6.61 Å². The van der Waals surface area contributed by atoms with Gasteiger partial charge in [0.05, 0.1) is 17.3 Å². The number of anilines is 1. The molecule has 100 valence electrons. The van der Waals surface area contributed by atoms with Crippen LogP contribution in [0.5, 0.6) is 11.5 Å². The van der Waals surface area contributed by atoms with Crippen LogP contribution in [0.2, 0.25) is 0 Å². The predicted octanol–water partition coefficient (Wildman–Crippen LogP) is 3.76. The number of hydrogen-bond donors (Lipinski definition) is 1. The zero-order valence-corrected chi connectivity index (χ0v) is 11.9. The van der Waals surface area contributed by atoms with Crippen LogP contribution in [0, 0.1) is 5.82 Å². The Balaban J connectivity index is 2.12. The number of hydrogen-bond acceptors (Lipinski definition) is 3. The zero-order chi connectivity index (χ0) is 13.8. The van der Waals surface area contributed by atoms with E-state index in [0.29, 0.717) is 21.7 Å². The third kappa shape index (κ3) is 3.17. The lowest BCUT2D eigenvalue weighted by Gasteiger charge is -2.11. The lowest BCUT2D eigenvalue weighted by atomic mass is 10.2. The maximum atomic E-state index is 13.3. The molecule has 2 rings (SSSR count). The number of nitrogens with two attached hydrogens (primary N) is 1. The number of nitrogen functional groups attached to an aromatic ring is 1. The molecule has 0 fully saturated rings. The van der Waals surface area contributed by atoms with Crippen molar-refractivity contribution >= 4 is 21.6 Å². The van der Waals surface area contributed by atoms with Gasteiger partial charge >= 0.3 is 0 Å². The van der Waals surface area contributed by atoms with Gasteiger partial charge in [0.15, 0.2) is 0 Å². The average molecular weight is 326 g/mol. The quantitative estimate of drug-likeness (QED) is 0.870. The minimum atomic E-state index is -0.316. The number of ether oxygens (including phenoxy) is 2. The molecule has 0 heterocycles. The Labute approximate surface area is 119 Å². The number of rotatable bonds is 4. The number of halogens is 2. The van der Waals surface area contributed by atoms with Gasteiger partial charge in [0.25, 0.3) is 0 Å². The zero-order valence-electron chi connectivity index (χ0n) is 10.3. The molecule has 3 nitrogen and oxygen atoms in total. The normalized spacial score (nSPS) is 10.3. The van der Waals surface area contributed by atoms with Crippen LogP contribution in [0.25, 0.3) is 0 Å². The van der Waals surface area contributed by atoms with Crippen LogP contribution in [-0.4, -0.2) is 7.11 Å². The van der Waals surface area contributed by atoms with Crippen molar-refractivity contribution in [2.24, 2.45) is 0 Å². The summed E-state index contributed by atoms with van der Waals surface area (Å²) in [7, 11) is 1.57. The van der Waals surface area contributed by atoms with Crippen molar-refractivity contribution in [3.05, 3.63) is 52.3 Å². The molecule has 0 aliphatic rings. The SMILES string of the molecule is COc1ccc(OCc2cccc(F)c2Br)c(N)c1. The van der Waals surface area contributed by atoms with Crippen LogP contribution in [0.1, 0.15) is 5.56 Å². The Morgan fingerprint density at radius 2 is 2.05 bits per heavy atom. The summed E-state index contributed by atoms with van der Waals surface area (Å²) in [4.78, 5) is 0. The van der Waals surface area contributed by atoms with Crippen molar-refractivity contribution in [1.29, 1.82) is 0 Å². The molecular weight excluding hydrogens is 313 g/mol. The molecule has 0 spiro atoms. The van der Waals surface area contributed by atoms with Crippen molar-refractivity contribution in [3.63, 3.8) is 0 Å². The summed E-state index contributed by atoms with van der Waals surface area (Å²) >= 11 is 3.19. The van der Waals surface area contributed by atoms with Gasteiger partial charge in [0.2, 0.25) is 0 Å². The molecule has 0 aliphatic heterocycles. The molecular formula is C14H13BrFNO2. The highest BCUT2D eigenvalue weighted by Gasteiger charge is 2.07. The molecule has 0 bridgehead atoms. The minimum Gasteiger partial charge on any atom is -0.497 e. The van der Waals surface area contributed by atoms with Crippen LogP contribution in [0.15, 0.2) is 40.9 Å². The lowest BCUT2D eigenvalue weighted by molar-refractivity contribution is 0.305. The van der Waals surface area contributed by atoms with Gasteiger partial charge < -0.3 is 15.2 Å². The highest BCUT2D eigenvalue weighted by molar-refractivity contribution is 9.10. The standard InChI is InChI=1S/C14H13BrFNO2/c1-18-10-5-6-13(12(17)7-10)19-8-9-3-2-4-11(16)14(9)15/h2-7H,8,17H2,1H3. The van der Waals surface area contributed by atoms with Crippen molar-refractivity contribution in [2.45, 2.75) is 6.61 Å². The molecule has 0 amide bonds. The highest BCUT2D eigenvalue weighted by atomic mass is 79.9. The van der Waals surface area contributed by atoms with Gasteiger partial charge in [-0.3, -0.25) is 0 Å². The molecule has 19 heavy (non-hydrogen) atoms. The predicted molar refractivity (Wildman–Crippen MR) is 75.8 cm³/mol. The summed E-state index contributed by atoms with van der Waals surface area (Å²) in [6.45, 7) is 0.231. The smallest absolute Gasteiger partial charge is 0.142 e. The van der Waals surface area contributed by atoms with Crippen LogP contribution >= 0.6 is 15.9 Å². The van der Waals surface area contributed by atoms with Gasteiger partial charge in [-0.15, -0.1) is 0 Å². The fourth-order valence-corrected chi connectivity index (χ4v) is 1.98. The second-order valence-corrected chi connectivity index (χ2v) is 4.70. The van der Waals surface area contributed by atoms with E-state index in [1.165, 1.54) is 6.07 Å². The fourth-order valence-electron chi connectivity index (χ4n) is 1.60. The van der Waals surface area contributed by atoms with Gasteiger partial charge in [-0.1, -0.05) is 12.1 Å². The summed E-state index contributed by atoms with van der Waals surface area (Å²) in [5.74, 6) is 0.887. The molecule has 2 aromatic rings. The van der Waals surface area contributed by atoms with Gasteiger partial charge in [-0.25, -0.2) is 4.39 Å². The fraction of sp³-hybridized carbons (Fsp3) is 0.143. The Morgan fingerprint density at radius 3 is 2.74 bits per heavy atom. The lowest BCUT2D eigenvalue weighted by Crippen LogP contribution is -2.00. The van der Waals surface area contributed by atoms with E-state index in [4.69, 9.17) is 15.2 Å². The van der Waals surface area contributed by atoms with Crippen molar-refractivity contribution in [3.8, 4) is 11.5 Å². The molecule has 2 aromatic carbocycles. The summed E-state index contributed by atoms with van der Waals surface area (Å²) in [6, 6.07) is 9.96. The van der Waals surface area contributed by atoms with E-state index in [2.05, 4.69) is 15.9 Å². The second-order valence-electron chi connectivity index (χ2n) is 3.91. The number of methoxy groups -OCH3 is 1. The summed E-state index contributed by atoms with van der Waals surface area (Å²) in [5, 5.41) is 0. The topological polar surface area (TPSA) is 44.5 Å². The van der Waals surface area contributed by atoms with Gasteiger partial charge in [-0.05, 0) is 34.1 Å². The first-order valence-corrected chi connectivity index (χ1v) is 6.40. The monoisotopic (exact) mass is 325 g/mol. The Hall–Kier alpha value is -1.75. The maximum Gasteiger partial charge on any atom is 0.142 e. The van der Waals surface area contributed by atoms with Crippen molar-refractivity contribution in [2.75, 3.05) is 12.8 Å². The van der Waals surface area contributed by atoms with E-state index in [1.807, 2.05) is 0 Å². The van der Waals surface area contributed by atoms with Crippen LogP contribution in [0.3, 0.4) is 0 Å². The van der Waals surface area contributed by atoms with E-state index in [9.17, 15) is 4.39 Å². The third-order valence-corrected chi connectivity index (χ3v) is 3.52. The second kappa shape index (κ2) is 5.93. The first-order valence-electron chi connectivity index (χ1n) is 5.61. The molecule has 0 radical (unpaired) electrons. The molecule has 0 atom stereocenters. The average Bonchev–Trinajstić information content (AvgIpc) is 2.41. The molecule has 0 saturated heterocycles. The summed E-state index contributed by atoms with van der Waals surface area (Å²) < 4.78 is 24.4. The van der Waals surface area contributed by atoms with E-state index >= 15 is 0 Å². The Kier molecular flexibility index (Phi) is 4.27. The van der Waals surface area contributed by atoms with E-state index < -0.39 is 0 Å². The molecule has 0 saturated carbocycles. The van der Waals surface area contributed by atoms with E-state index in [1.54, 1.807) is 37.4 Å². The molecule has 0 unspecified atom stereocenters. The molecule has 5 heteroatoms. The van der Waals surface area contributed by atoms with Crippen molar-refractivity contribution in [1.82, 2.24) is 0 Å².